The highest BCUT2D eigenvalue weighted by Crippen LogP contribution is 2.15. The van der Waals surface area contributed by atoms with Gasteiger partial charge in [0, 0.05) is 0 Å². The molecule has 0 aromatic carbocycles. The number of hydroxylamine groups is 1. The van der Waals surface area contributed by atoms with Gasteiger partial charge in [0.15, 0.2) is 5.84 Å². The fraction of sp³-hybridized carbons (Fsp3) is 0.969. The minimum Gasteiger partial charge on any atom is -0.385 e. The molecule has 0 saturated heterocycles. The molecule has 3 N–H and O–H groups in total. The minimum absolute atomic E-state index is 0.0403. The molecular formula is C32H66N2O4S. The molecule has 7 heteroatoms. The summed E-state index contributed by atoms with van der Waals surface area (Å²) in [5, 5.41) is 19.7. The number of nitrogens with zero attached hydrogens (tertiary/aromatic N) is 1. The lowest BCUT2D eigenvalue weighted by Crippen LogP contribution is -2.33. The SMILES string of the molecule is CCCCCCCCCCCCCCCC(O)/C(=N\S(=O)(=O)CCCCCCCCCCCCCCC)NO. The molecule has 0 aromatic heterocycles. The van der Waals surface area contributed by atoms with Gasteiger partial charge in [-0.05, 0) is 12.8 Å². The first-order chi connectivity index (χ1) is 19.0. The molecule has 0 aliphatic rings. The molecule has 0 spiro atoms. The van der Waals surface area contributed by atoms with Crippen LogP contribution in [0, 0.1) is 0 Å². The van der Waals surface area contributed by atoms with Crippen LogP contribution in [0.15, 0.2) is 4.40 Å². The topological polar surface area (TPSA) is 99.0 Å². The molecule has 0 aliphatic heterocycles. The third-order valence-electron chi connectivity index (χ3n) is 7.75. The molecule has 0 rings (SSSR count). The molecule has 0 aromatic rings. The number of rotatable bonds is 30. The van der Waals surface area contributed by atoms with Gasteiger partial charge >= 0.3 is 0 Å². The zero-order valence-electron chi connectivity index (χ0n) is 25.9. The third-order valence-corrected chi connectivity index (χ3v) is 9.03. The molecule has 6 nitrogen and oxygen atoms in total. The Labute approximate surface area is 243 Å². The lowest BCUT2D eigenvalue weighted by Gasteiger charge is -2.12. The number of unbranched alkanes of at least 4 members (excludes halogenated alkanes) is 24. The van der Waals surface area contributed by atoms with Crippen molar-refractivity contribution in [1.29, 1.82) is 0 Å². The number of sulfonamides is 1. The smallest absolute Gasteiger partial charge is 0.254 e. The maximum atomic E-state index is 12.3. The van der Waals surface area contributed by atoms with E-state index in [2.05, 4.69) is 18.2 Å². The van der Waals surface area contributed by atoms with Gasteiger partial charge in [-0.1, -0.05) is 174 Å². The van der Waals surface area contributed by atoms with E-state index in [1.165, 1.54) is 122 Å². The first kappa shape index (κ1) is 38.3. The number of hydrogen-bond donors (Lipinski definition) is 3. The van der Waals surface area contributed by atoms with Gasteiger partial charge in [-0.3, -0.25) is 10.7 Å². The highest BCUT2D eigenvalue weighted by Gasteiger charge is 2.17. The van der Waals surface area contributed by atoms with Crippen LogP contribution in [-0.4, -0.2) is 36.4 Å². The maximum Gasteiger partial charge on any atom is 0.254 e. The number of hydrogen-bond acceptors (Lipinski definition) is 4. The van der Waals surface area contributed by atoms with Crippen LogP contribution < -0.4 is 5.48 Å². The first-order valence-electron chi connectivity index (χ1n) is 16.9. The lowest BCUT2D eigenvalue weighted by molar-refractivity contribution is 0.180. The monoisotopic (exact) mass is 574 g/mol. The predicted molar refractivity (Wildman–Crippen MR) is 168 cm³/mol. The van der Waals surface area contributed by atoms with Gasteiger partial charge in [-0.2, -0.15) is 0 Å². The molecule has 0 saturated carbocycles. The van der Waals surface area contributed by atoms with Crippen molar-refractivity contribution in [3.63, 3.8) is 0 Å². The number of aliphatic hydroxyl groups excluding tert-OH is 1. The fourth-order valence-electron chi connectivity index (χ4n) is 5.15. The quantitative estimate of drug-likeness (QED) is 0.0343. The lowest BCUT2D eigenvalue weighted by atomic mass is 10.0. The Kier molecular flexibility index (Phi) is 28.4. The molecule has 0 radical (unpaired) electrons. The van der Waals surface area contributed by atoms with E-state index in [-0.39, 0.29) is 11.6 Å². The van der Waals surface area contributed by atoms with Crippen LogP contribution in [0.25, 0.3) is 0 Å². The summed E-state index contributed by atoms with van der Waals surface area (Å²) in [6.45, 7) is 4.50. The first-order valence-corrected chi connectivity index (χ1v) is 18.5. The van der Waals surface area contributed by atoms with E-state index in [1.54, 1.807) is 0 Å². The van der Waals surface area contributed by atoms with Crippen LogP contribution in [0.2, 0.25) is 0 Å². The van der Waals surface area contributed by atoms with E-state index in [0.717, 1.165) is 38.5 Å². The average molecular weight is 575 g/mol. The Balaban J connectivity index is 3.80. The second kappa shape index (κ2) is 28.9. The summed E-state index contributed by atoms with van der Waals surface area (Å²) in [5.41, 5.74) is 1.82. The van der Waals surface area contributed by atoms with Crippen molar-refractivity contribution in [3.8, 4) is 0 Å². The molecule has 0 heterocycles. The van der Waals surface area contributed by atoms with Crippen LogP contribution in [0.3, 0.4) is 0 Å². The van der Waals surface area contributed by atoms with Gasteiger partial charge in [0.2, 0.25) is 0 Å². The van der Waals surface area contributed by atoms with E-state index < -0.39 is 16.1 Å². The summed E-state index contributed by atoms with van der Waals surface area (Å²) in [4.78, 5) is 0. The fourth-order valence-corrected chi connectivity index (χ4v) is 6.27. The molecule has 0 amide bonds. The van der Waals surface area contributed by atoms with E-state index >= 15 is 0 Å². The van der Waals surface area contributed by atoms with Gasteiger partial charge in [-0.15, -0.1) is 4.40 Å². The summed E-state index contributed by atoms with van der Waals surface area (Å²) in [6.07, 6.45) is 31.1. The summed E-state index contributed by atoms with van der Waals surface area (Å²) >= 11 is 0. The van der Waals surface area contributed by atoms with E-state index in [9.17, 15) is 18.7 Å². The molecule has 39 heavy (non-hydrogen) atoms. The largest absolute Gasteiger partial charge is 0.385 e. The van der Waals surface area contributed by atoms with Crippen LogP contribution in [0.1, 0.15) is 187 Å². The van der Waals surface area contributed by atoms with E-state index in [0.29, 0.717) is 12.8 Å². The van der Waals surface area contributed by atoms with Crippen molar-refractivity contribution >= 4 is 15.9 Å². The van der Waals surface area contributed by atoms with Crippen molar-refractivity contribution in [1.82, 2.24) is 5.48 Å². The molecular weight excluding hydrogens is 508 g/mol. The highest BCUT2D eigenvalue weighted by atomic mass is 32.2. The Hall–Kier alpha value is -0.660. The number of amidine groups is 1. The molecule has 0 fully saturated rings. The van der Waals surface area contributed by atoms with Crippen LogP contribution in [0.5, 0.6) is 0 Å². The van der Waals surface area contributed by atoms with Gasteiger partial charge in [-0.25, -0.2) is 8.42 Å². The Morgan fingerprint density at radius 1 is 0.564 bits per heavy atom. The third kappa shape index (κ3) is 27.3. The zero-order valence-corrected chi connectivity index (χ0v) is 26.8. The standard InChI is InChI=1S/C32H66N2O4S/c1-3-5-7-9-11-13-15-17-19-21-23-25-27-29-31(35)32(33-36)34-39(37,38)30-28-26-24-22-20-18-16-14-12-10-8-6-4-2/h31,35-36H,3-30H2,1-2H3,(H,33,34). The van der Waals surface area contributed by atoms with Crippen LogP contribution in [-0.2, 0) is 10.0 Å². The van der Waals surface area contributed by atoms with E-state index in [1.807, 2.05) is 5.48 Å². The summed E-state index contributed by atoms with van der Waals surface area (Å²) in [5.74, 6) is -0.287. The average Bonchev–Trinajstić information content (AvgIpc) is 2.92. The van der Waals surface area contributed by atoms with Crippen molar-refractivity contribution in [2.24, 2.45) is 4.40 Å². The van der Waals surface area contributed by atoms with Crippen molar-refractivity contribution < 1.29 is 18.7 Å². The van der Waals surface area contributed by atoms with Gasteiger partial charge in [0.05, 0.1) is 5.75 Å². The normalized spacial score (nSPS) is 13.2. The molecule has 1 atom stereocenters. The number of nitrogens with one attached hydrogen (secondary N) is 1. The second-order valence-corrected chi connectivity index (χ2v) is 13.4. The maximum absolute atomic E-state index is 12.3. The van der Waals surface area contributed by atoms with Crippen LogP contribution in [0.4, 0.5) is 0 Å². The van der Waals surface area contributed by atoms with Crippen molar-refractivity contribution in [2.45, 2.75) is 193 Å². The zero-order chi connectivity index (χ0) is 28.9. The molecule has 234 valence electrons. The molecule has 1 unspecified atom stereocenters. The van der Waals surface area contributed by atoms with E-state index in [4.69, 9.17) is 0 Å². The second-order valence-electron chi connectivity index (χ2n) is 11.7. The van der Waals surface area contributed by atoms with Crippen molar-refractivity contribution in [2.75, 3.05) is 5.75 Å². The predicted octanol–water partition coefficient (Wildman–Crippen LogP) is 9.63. The van der Waals surface area contributed by atoms with Crippen molar-refractivity contribution in [3.05, 3.63) is 0 Å². The summed E-state index contributed by atoms with van der Waals surface area (Å²) < 4.78 is 28.4. The highest BCUT2D eigenvalue weighted by molar-refractivity contribution is 7.90. The van der Waals surface area contributed by atoms with Gasteiger partial charge in [0.1, 0.15) is 6.10 Å². The Bertz CT molecular complexity index is 640. The van der Waals surface area contributed by atoms with Crippen LogP contribution >= 0.6 is 0 Å². The number of aliphatic hydroxyl groups is 1. The van der Waals surface area contributed by atoms with Gasteiger partial charge < -0.3 is 5.11 Å². The Morgan fingerprint density at radius 2 is 0.872 bits per heavy atom. The Morgan fingerprint density at radius 3 is 1.21 bits per heavy atom. The summed E-state index contributed by atoms with van der Waals surface area (Å²) in [6, 6.07) is 0. The molecule has 0 bridgehead atoms. The van der Waals surface area contributed by atoms with Gasteiger partial charge in [0.25, 0.3) is 10.0 Å². The minimum atomic E-state index is -3.70. The summed E-state index contributed by atoms with van der Waals surface area (Å²) in [7, 11) is -3.70. The molecule has 0 aliphatic carbocycles.